The van der Waals surface area contributed by atoms with Crippen LogP contribution in [-0.2, 0) is 0 Å². The van der Waals surface area contributed by atoms with E-state index in [4.69, 9.17) is 10.4 Å². The molecule has 1 rings (SSSR count). The molecule has 0 saturated carbocycles. The van der Waals surface area contributed by atoms with Crippen molar-refractivity contribution in [3.63, 3.8) is 0 Å². The molecule has 0 bridgehead atoms. The molecule has 0 aliphatic carbocycles. The van der Waals surface area contributed by atoms with Crippen LogP contribution in [0.3, 0.4) is 0 Å². The number of carboxylic acid groups (broad SMARTS) is 1. The summed E-state index contributed by atoms with van der Waals surface area (Å²) in [6, 6.07) is 6.93. The van der Waals surface area contributed by atoms with E-state index in [1.165, 1.54) is 6.07 Å². The molecule has 0 aromatic heterocycles. The molecule has 2 N–H and O–H groups in total. The second kappa shape index (κ2) is 5.37. The van der Waals surface area contributed by atoms with E-state index in [0.29, 0.717) is 23.1 Å². The molecule has 1 aromatic carbocycles. The lowest BCUT2D eigenvalue weighted by molar-refractivity contribution is 0.0698. The summed E-state index contributed by atoms with van der Waals surface area (Å²) in [5.41, 5.74) is 0.725. The first-order chi connectivity index (χ1) is 7.15. The van der Waals surface area contributed by atoms with Gasteiger partial charge in [-0.2, -0.15) is 5.26 Å². The summed E-state index contributed by atoms with van der Waals surface area (Å²) in [5, 5.41) is 20.2. The van der Waals surface area contributed by atoms with Gasteiger partial charge in [-0.1, -0.05) is 15.9 Å². The molecule has 4 nitrogen and oxygen atoms in total. The number of carboxylic acids is 1. The van der Waals surface area contributed by atoms with Crippen molar-refractivity contribution in [1.82, 2.24) is 0 Å². The van der Waals surface area contributed by atoms with Crippen LogP contribution in [0, 0.1) is 11.3 Å². The molecular weight excluding hydrogens is 260 g/mol. The molecule has 0 spiro atoms. The van der Waals surface area contributed by atoms with E-state index >= 15 is 0 Å². The van der Waals surface area contributed by atoms with Gasteiger partial charge in [-0.15, -0.1) is 0 Å². The Bertz CT molecular complexity index is 412. The van der Waals surface area contributed by atoms with Gasteiger partial charge in [0.2, 0.25) is 0 Å². The van der Waals surface area contributed by atoms with Gasteiger partial charge in [0.25, 0.3) is 0 Å². The number of rotatable bonds is 4. The molecule has 5 heteroatoms. The number of halogens is 1. The smallest absolute Gasteiger partial charge is 0.337 e. The highest BCUT2D eigenvalue weighted by atomic mass is 79.9. The maximum Gasteiger partial charge on any atom is 0.337 e. The third-order valence-corrected chi connectivity index (χ3v) is 2.26. The second-order valence-corrected chi connectivity index (χ2v) is 3.75. The maximum absolute atomic E-state index is 10.9. The molecule has 0 aliphatic heterocycles. The van der Waals surface area contributed by atoms with E-state index in [1.807, 2.05) is 6.07 Å². The monoisotopic (exact) mass is 268 g/mol. The van der Waals surface area contributed by atoms with E-state index in [9.17, 15) is 4.79 Å². The van der Waals surface area contributed by atoms with Crippen molar-refractivity contribution in [2.75, 3.05) is 11.9 Å². The lowest BCUT2D eigenvalue weighted by Gasteiger charge is -2.07. The van der Waals surface area contributed by atoms with Crippen LogP contribution >= 0.6 is 15.9 Å². The maximum atomic E-state index is 10.9. The molecule has 1 aromatic rings. The molecular formula is C10H9BrN2O2. The minimum atomic E-state index is -0.990. The molecule has 0 heterocycles. The van der Waals surface area contributed by atoms with Crippen molar-refractivity contribution in [2.24, 2.45) is 0 Å². The average molecular weight is 269 g/mol. The normalized spacial score (nSPS) is 9.33. The molecule has 0 radical (unpaired) electrons. The minimum absolute atomic E-state index is 0.197. The van der Waals surface area contributed by atoms with Gasteiger partial charge >= 0.3 is 5.97 Å². The fourth-order valence-corrected chi connectivity index (χ4v) is 1.46. The van der Waals surface area contributed by atoms with Crippen molar-refractivity contribution in [1.29, 1.82) is 5.26 Å². The number of nitrogens with zero attached hydrogens (tertiary/aromatic N) is 1. The van der Waals surface area contributed by atoms with Gasteiger partial charge in [0.1, 0.15) is 0 Å². The van der Waals surface area contributed by atoms with Crippen LogP contribution in [0.2, 0.25) is 0 Å². The summed E-state index contributed by atoms with van der Waals surface area (Å²) in [7, 11) is 0. The van der Waals surface area contributed by atoms with Crippen molar-refractivity contribution in [3.05, 3.63) is 28.2 Å². The number of anilines is 1. The van der Waals surface area contributed by atoms with Crippen LogP contribution in [-0.4, -0.2) is 17.6 Å². The molecule has 0 saturated heterocycles. The van der Waals surface area contributed by atoms with E-state index in [1.54, 1.807) is 12.1 Å². The Kier molecular flexibility index (Phi) is 4.13. The van der Waals surface area contributed by atoms with Gasteiger partial charge in [-0.25, -0.2) is 4.79 Å². The van der Waals surface area contributed by atoms with E-state index in [0.717, 1.165) is 0 Å². The standard InChI is InChI=1S/C10H9BrN2O2/c11-7-2-3-9(13-5-1-4-12)8(6-7)10(14)15/h2-3,6,13H,1,5H2,(H,14,15). The summed E-state index contributed by atoms with van der Waals surface area (Å²) in [6.07, 6.45) is 0.342. The first kappa shape index (κ1) is 11.5. The van der Waals surface area contributed by atoms with Crippen molar-refractivity contribution < 1.29 is 9.90 Å². The molecule has 78 valence electrons. The quantitative estimate of drug-likeness (QED) is 0.823. The third-order valence-electron chi connectivity index (χ3n) is 1.76. The predicted molar refractivity (Wildman–Crippen MR) is 59.8 cm³/mol. The van der Waals surface area contributed by atoms with Gasteiger partial charge in [0.15, 0.2) is 0 Å². The predicted octanol–water partition coefficient (Wildman–Crippen LogP) is 2.47. The number of hydrogen-bond donors (Lipinski definition) is 2. The van der Waals surface area contributed by atoms with Gasteiger partial charge < -0.3 is 10.4 Å². The zero-order valence-corrected chi connectivity index (χ0v) is 9.41. The highest BCUT2D eigenvalue weighted by molar-refractivity contribution is 9.10. The summed E-state index contributed by atoms with van der Waals surface area (Å²) in [6.45, 7) is 0.443. The Morgan fingerprint density at radius 1 is 1.60 bits per heavy atom. The fourth-order valence-electron chi connectivity index (χ4n) is 1.10. The number of nitrogens with one attached hydrogen (secondary N) is 1. The number of benzene rings is 1. The SMILES string of the molecule is N#CCCNc1ccc(Br)cc1C(=O)O. The lowest BCUT2D eigenvalue weighted by atomic mass is 10.2. The summed E-state index contributed by atoms with van der Waals surface area (Å²) >= 11 is 3.20. The molecule has 0 unspecified atom stereocenters. The average Bonchev–Trinajstić information content (AvgIpc) is 2.20. The molecule has 0 amide bonds. The number of carbonyl (C=O) groups is 1. The largest absolute Gasteiger partial charge is 0.478 e. The first-order valence-electron chi connectivity index (χ1n) is 4.29. The summed E-state index contributed by atoms with van der Waals surface area (Å²) in [4.78, 5) is 10.9. The highest BCUT2D eigenvalue weighted by Gasteiger charge is 2.09. The second-order valence-electron chi connectivity index (χ2n) is 2.83. The molecule has 0 aliphatic rings. The summed E-state index contributed by atoms with van der Waals surface area (Å²) < 4.78 is 0.714. The van der Waals surface area contributed by atoms with Crippen LogP contribution in [0.25, 0.3) is 0 Å². The van der Waals surface area contributed by atoms with Gasteiger partial charge in [-0.05, 0) is 18.2 Å². The Hall–Kier alpha value is -1.54. The van der Waals surface area contributed by atoms with Crippen molar-refractivity contribution in [2.45, 2.75) is 6.42 Å². The Balaban J connectivity index is 2.87. The number of aromatic carboxylic acids is 1. The molecule has 15 heavy (non-hydrogen) atoms. The zero-order chi connectivity index (χ0) is 11.3. The van der Waals surface area contributed by atoms with Crippen LogP contribution in [0.1, 0.15) is 16.8 Å². The topological polar surface area (TPSA) is 73.1 Å². The van der Waals surface area contributed by atoms with E-state index in [2.05, 4.69) is 21.2 Å². The van der Waals surface area contributed by atoms with Gasteiger partial charge in [-0.3, -0.25) is 0 Å². The number of nitriles is 1. The van der Waals surface area contributed by atoms with Crippen molar-refractivity contribution in [3.8, 4) is 6.07 Å². The Labute approximate surface area is 95.7 Å². The Morgan fingerprint density at radius 2 is 2.33 bits per heavy atom. The molecule has 0 fully saturated rings. The van der Waals surface area contributed by atoms with Crippen LogP contribution in [0.5, 0.6) is 0 Å². The zero-order valence-electron chi connectivity index (χ0n) is 7.83. The van der Waals surface area contributed by atoms with Gasteiger partial charge in [0.05, 0.1) is 18.1 Å². The summed E-state index contributed by atoms with van der Waals surface area (Å²) in [5.74, 6) is -0.990. The van der Waals surface area contributed by atoms with E-state index in [-0.39, 0.29) is 5.56 Å². The molecule has 0 atom stereocenters. The van der Waals surface area contributed by atoms with Crippen molar-refractivity contribution >= 4 is 27.6 Å². The van der Waals surface area contributed by atoms with E-state index < -0.39 is 5.97 Å². The fraction of sp³-hybridized carbons (Fsp3) is 0.200. The van der Waals surface area contributed by atoms with Crippen LogP contribution < -0.4 is 5.32 Å². The van der Waals surface area contributed by atoms with Crippen LogP contribution in [0.4, 0.5) is 5.69 Å². The Morgan fingerprint density at radius 3 is 2.93 bits per heavy atom. The van der Waals surface area contributed by atoms with Gasteiger partial charge in [0, 0.05) is 16.7 Å². The highest BCUT2D eigenvalue weighted by Crippen LogP contribution is 2.20. The van der Waals surface area contributed by atoms with Crippen LogP contribution in [0.15, 0.2) is 22.7 Å². The number of hydrogen-bond acceptors (Lipinski definition) is 3. The lowest BCUT2D eigenvalue weighted by Crippen LogP contribution is -2.07. The third kappa shape index (κ3) is 3.26. The first-order valence-corrected chi connectivity index (χ1v) is 5.08. The minimum Gasteiger partial charge on any atom is -0.478 e.